The summed E-state index contributed by atoms with van der Waals surface area (Å²) in [5.41, 5.74) is 0.885. The lowest BCUT2D eigenvalue weighted by molar-refractivity contribution is 0.463. The SMILES string of the molecule is CC(C)NCc1ccc(-c2cc3ccccc3o2)o1. The molecule has 0 saturated carbocycles. The van der Waals surface area contributed by atoms with Gasteiger partial charge in [0.1, 0.15) is 11.3 Å². The highest BCUT2D eigenvalue weighted by atomic mass is 16.4. The predicted octanol–water partition coefficient (Wildman–Crippen LogP) is 4.19. The van der Waals surface area contributed by atoms with Gasteiger partial charge < -0.3 is 14.2 Å². The Morgan fingerprint density at radius 2 is 1.84 bits per heavy atom. The van der Waals surface area contributed by atoms with E-state index >= 15 is 0 Å². The minimum Gasteiger partial charge on any atom is -0.456 e. The Bertz CT molecular complexity index is 646. The Hall–Kier alpha value is -2.00. The van der Waals surface area contributed by atoms with Crippen molar-refractivity contribution in [1.29, 1.82) is 0 Å². The van der Waals surface area contributed by atoms with Crippen LogP contribution in [0.1, 0.15) is 19.6 Å². The highest BCUT2D eigenvalue weighted by Crippen LogP contribution is 2.28. The first-order valence-electron chi connectivity index (χ1n) is 6.53. The molecule has 0 radical (unpaired) electrons. The summed E-state index contributed by atoms with van der Waals surface area (Å²) in [6, 6.07) is 14.4. The summed E-state index contributed by atoms with van der Waals surface area (Å²) in [6.07, 6.45) is 0. The van der Waals surface area contributed by atoms with Gasteiger partial charge in [-0.1, -0.05) is 32.0 Å². The maximum Gasteiger partial charge on any atom is 0.170 e. The number of nitrogens with one attached hydrogen (secondary N) is 1. The highest BCUT2D eigenvalue weighted by Gasteiger charge is 2.10. The van der Waals surface area contributed by atoms with Gasteiger partial charge in [0, 0.05) is 11.4 Å². The minimum atomic E-state index is 0.444. The number of hydrogen-bond donors (Lipinski definition) is 1. The highest BCUT2D eigenvalue weighted by molar-refractivity contribution is 5.81. The third-order valence-electron chi connectivity index (χ3n) is 3.01. The number of furan rings is 2. The molecule has 3 aromatic rings. The lowest BCUT2D eigenvalue weighted by Crippen LogP contribution is -2.21. The van der Waals surface area contributed by atoms with Crippen molar-refractivity contribution in [2.75, 3.05) is 0 Å². The Morgan fingerprint density at radius 3 is 2.63 bits per heavy atom. The second-order valence-corrected chi connectivity index (χ2v) is 4.95. The van der Waals surface area contributed by atoms with E-state index in [-0.39, 0.29) is 0 Å². The molecule has 2 heterocycles. The minimum absolute atomic E-state index is 0.444. The van der Waals surface area contributed by atoms with E-state index in [1.54, 1.807) is 0 Å². The van der Waals surface area contributed by atoms with E-state index in [4.69, 9.17) is 8.83 Å². The van der Waals surface area contributed by atoms with Gasteiger partial charge in [-0.2, -0.15) is 0 Å². The van der Waals surface area contributed by atoms with Gasteiger partial charge in [-0.05, 0) is 24.3 Å². The van der Waals surface area contributed by atoms with Gasteiger partial charge >= 0.3 is 0 Å². The van der Waals surface area contributed by atoms with Crippen molar-refractivity contribution in [3.63, 3.8) is 0 Å². The van der Waals surface area contributed by atoms with Crippen molar-refractivity contribution in [3.8, 4) is 11.5 Å². The molecule has 0 fully saturated rings. The van der Waals surface area contributed by atoms with E-state index < -0.39 is 0 Å². The van der Waals surface area contributed by atoms with E-state index in [2.05, 4.69) is 19.2 Å². The summed E-state index contributed by atoms with van der Waals surface area (Å²) in [4.78, 5) is 0. The van der Waals surface area contributed by atoms with Crippen LogP contribution in [0, 0.1) is 0 Å². The van der Waals surface area contributed by atoms with Gasteiger partial charge in [0.2, 0.25) is 0 Å². The number of rotatable bonds is 4. The molecule has 0 aliphatic rings. The standard InChI is InChI=1S/C16H17NO2/c1-11(2)17-10-13-7-8-15(18-13)16-9-12-5-3-4-6-14(12)19-16/h3-9,11,17H,10H2,1-2H3. The monoisotopic (exact) mass is 255 g/mol. The molecule has 3 rings (SSSR count). The first-order valence-corrected chi connectivity index (χ1v) is 6.53. The topological polar surface area (TPSA) is 38.3 Å². The predicted molar refractivity (Wildman–Crippen MR) is 75.9 cm³/mol. The Morgan fingerprint density at radius 1 is 1.00 bits per heavy atom. The molecule has 0 aliphatic heterocycles. The van der Waals surface area contributed by atoms with Crippen LogP contribution in [0.2, 0.25) is 0 Å². The van der Waals surface area contributed by atoms with E-state index in [9.17, 15) is 0 Å². The zero-order valence-electron chi connectivity index (χ0n) is 11.1. The summed E-state index contributed by atoms with van der Waals surface area (Å²) >= 11 is 0. The van der Waals surface area contributed by atoms with Crippen molar-refractivity contribution in [1.82, 2.24) is 5.32 Å². The fourth-order valence-electron chi connectivity index (χ4n) is 2.01. The zero-order chi connectivity index (χ0) is 13.2. The zero-order valence-corrected chi connectivity index (χ0v) is 11.1. The molecule has 0 saturated heterocycles. The lowest BCUT2D eigenvalue weighted by Gasteiger charge is -2.04. The molecular formula is C16H17NO2. The molecule has 3 nitrogen and oxygen atoms in total. The van der Waals surface area contributed by atoms with Crippen LogP contribution in [0.15, 0.2) is 51.3 Å². The molecule has 0 unspecified atom stereocenters. The Labute approximate surface area is 112 Å². The van der Waals surface area contributed by atoms with E-state index in [0.717, 1.165) is 34.8 Å². The van der Waals surface area contributed by atoms with E-state index in [0.29, 0.717) is 6.04 Å². The van der Waals surface area contributed by atoms with Crippen molar-refractivity contribution in [2.24, 2.45) is 0 Å². The third-order valence-corrected chi connectivity index (χ3v) is 3.01. The van der Waals surface area contributed by atoms with Gasteiger partial charge in [0.05, 0.1) is 6.54 Å². The van der Waals surface area contributed by atoms with Crippen molar-refractivity contribution in [2.45, 2.75) is 26.4 Å². The first kappa shape index (κ1) is 12.1. The molecule has 3 heteroatoms. The van der Waals surface area contributed by atoms with Crippen LogP contribution >= 0.6 is 0 Å². The molecule has 1 N–H and O–H groups in total. The van der Waals surface area contributed by atoms with Crippen molar-refractivity contribution >= 4 is 11.0 Å². The third kappa shape index (κ3) is 2.56. The molecule has 0 bridgehead atoms. The van der Waals surface area contributed by atoms with Crippen LogP contribution in [0.25, 0.3) is 22.5 Å². The average molecular weight is 255 g/mol. The molecule has 2 aromatic heterocycles. The number of benzene rings is 1. The summed E-state index contributed by atoms with van der Waals surface area (Å²) in [5.74, 6) is 2.47. The van der Waals surface area contributed by atoms with Crippen LogP contribution in [0.5, 0.6) is 0 Å². The van der Waals surface area contributed by atoms with Crippen LogP contribution in [0.4, 0.5) is 0 Å². The molecule has 19 heavy (non-hydrogen) atoms. The summed E-state index contributed by atoms with van der Waals surface area (Å²) < 4.78 is 11.6. The number of para-hydroxylation sites is 1. The van der Waals surface area contributed by atoms with Crippen LogP contribution in [0.3, 0.4) is 0 Å². The summed E-state index contributed by atoms with van der Waals surface area (Å²) in [7, 11) is 0. The van der Waals surface area contributed by atoms with Gasteiger partial charge in [0.25, 0.3) is 0 Å². The average Bonchev–Trinajstić information content (AvgIpc) is 3.02. The quantitative estimate of drug-likeness (QED) is 0.759. The lowest BCUT2D eigenvalue weighted by atomic mass is 10.2. The van der Waals surface area contributed by atoms with Gasteiger partial charge in [-0.15, -0.1) is 0 Å². The first-order chi connectivity index (χ1) is 9.22. The maximum atomic E-state index is 5.79. The molecule has 98 valence electrons. The molecular weight excluding hydrogens is 238 g/mol. The van der Waals surface area contributed by atoms with Gasteiger partial charge in [0.15, 0.2) is 11.5 Å². The Balaban J connectivity index is 1.85. The van der Waals surface area contributed by atoms with Gasteiger partial charge in [-0.25, -0.2) is 0 Å². The molecule has 0 spiro atoms. The fraction of sp³-hybridized carbons (Fsp3) is 0.250. The summed E-state index contributed by atoms with van der Waals surface area (Å²) in [5, 5.41) is 4.42. The van der Waals surface area contributed by atoms with E-state index in [1.807, 2.05) is 42.5 Å². The number of fused-ring (bicyclic) bond motifs is 1. The fourth-order valence-corrected chi connectivity index (χ4v) is 2.01. The smallest absolute Gasteiger partial charge is 0.170 e. The molecule has 0 amide bonds. The normalized spacial score (nSPS) is 11.5. The molecule has 1 aromatic carbocycles. The van der Waals surface area contributed by atoms with Crippen LogP contribution in [-0.4, -0.2) is 6.04 Å². The molecule has 0 aliphatic carbocycles. The number of hydrogen-bond acceptors (Lipinski definition) is 3. The maximum absolute atomic E-state index is 5.79. The van der Waals surface area contributed by atoms with Crippen molar-refractivity contribution < 1.29 is 8.83 Å². The Kier molecular flexibility index (Phi) is 3.13. The van der Waals surface area contributed by atoms with Crippen LogP contribution < -0.4 is 5.32 Å². The van der Waals surface area contributed by atoms with Crippen molar-refractivity contribution in [3.05, 3.63) is 48.2 Å². The second kappa shape index (κ2) is 4.94. The van der Waals surface area contributed by atoms with Crippen LogP contribution in [-0.2, 0) is 6.54 Å². The van der Waals surface area contributed by atoms with E-state index in [1.165, 1.54) is 0 Å². The molecule has 0 atom stereocenters. The summed E-state index contributed by atoms with van der Waals surface area (Å²) in [6.45, 7) is 4.96. The second-order valence-electron chi connectivity index (χ2n) is 4.95. The largest absolute Gasteiger partial charge is 0.456 e. The van der Waals surface area contributed by atoms with Gasteiger partial charge in [-0.3, -0.25) is 0 Å².